The van der Waals surface area contributed by atoms with Crippen LogP contribution in [-0.4, -0.2) is 12.7 Å². The summed E-state index contributed by atoms with van der Waals surface area (Å²) in [4.78, 5) is 11.1. The summed E-state index contributed by atoms with van der Waals surface area (Å²) >= 11 is 0. The number of carbonyl (C=O) groups excluding carboxylic acids is 1. The van der Waals surface area contributed by atoms with E-state index < -0.39 is 0 Å². The first-order valence-corrected chi connectivity index (χ1v) is 5.63. The molecule has 0 heterocycles. The molecule has 1 N–H and O–H groups in total. The molecule has 3 heteroatoms. The van der Waals surface area contributed by atoms with E-state index in [1.807, 2.05) is 12.1 Å². The summed E-state index contributed by atoms with van der Waals surface area (Å²) in [7, 11) is 0. The van der Waals surface area contributed by atoms with E-state index in [0.717, 1.165) is 5.56 Å². The molecule has 0 aliphatic rings. The first kappa shape index (κ1) is 12.6. The van der Waals surface area contributed by atoms with Crippen molar-refractivity contribution in [2.24, 2.45) is 0 Å². The molecule has 0 aromatic heterocycles. The first-order chi connectivity index (χ1) is 7.63. The van der Waals surface area contributed by atoms with Gasteiger partial charge in [0.1, 0.15) is 0 Å². The zero-order valence-corrected chi connectivity index (χ0v) is 10.1. The van der Waals surface area contributed by atoms with Crippen molar-refractivity contribution in [3.63, 3.8) is 0 Å². The fourth-order valence-electron chi connectivity index (χ4n) is 1.42. The van der Waals surface area contributed by atoms with Gasteiger partial charge in [-0.15, -0.1) is 0 Å². The highest BCUT2D eigenvalue weighted by Crippen LogP contribution is 2.15. The summed E-state index contributed by atoms with van der Waals surface area (Å²) in [6.45, 7) is 7.01. The van der Waals surface area contributed by atoms with Gasteiger partial charge in [-0.2, -0.15) is 0 Å². The van der Waals surface area contributed by atoms with E-state index in [9.17, 15) is 4.79 Å². The largest absolute Gasteiger partial charge is 0.450 e. The molecule has 3 nitrogen and oxygen atoms in total. The molecule has 0 radical (unpaired) electrons. The molecule has 0 aliphatic heterocycles. The normalized spacial score (nSPS) is 10.2. The van der Waals surface area contributed by atoms with Gasteiger partial charge in [0.25, 0.3) is 0 Å². The lowest BCUT2D eigenvalue weighted by Crippen LogP contribution is -2.23. The van der Waals surface area contributed by atoms with Crippen LogP contribution in [0.1, 0.15) is 37.8 Å². The monoisotopic (exact) mass is 221 g/mol. The molecule has 88 valence electrons. The van der Waals surface area contributed by atoms with Gasteiger partial charge in [-0.25, -0.2) is 4.79 Å². The summed E-state index contributed by atoms with van der Waals surface area (Å²) in [6.07, 6.45) is -0.363. The summed E-state index contributed by atoms with van der Waals surface area (Å²) in [5.41, 5.74) is 2.38. The van der Waals surface area contributed by atoms with Gasteiger partial charge in [0.15, 0.2) is 0 Å². The Morgan fingerprint density at radius 3 is 2.81 bits per heavy atom. The number of benzene rings is 1. The summed E-state index contributed by atoms with van der Waals surface area (Å²) in [5, 5.41) is 2.70. The van der Waals surface area contributed by atoms with Crippen LogP contribution in [0, 0.1) is 0 Å². The molecule has 16 heavy (non-hydrogen) atoms. The molecule has 1 amide bonds. The van der Waals surface area contributed by atoms with Gasteiger partial charge in [0.05, 0.1) is 6.61 Å². The highest BCUT2D eigenvalue weighted by atomic mass is 16.5. The van der Waals surface area contributed by atoms with E-state index in [0.29, 0.717) is 19.1 Å². The Hall–Kier alpha value is -1.51. The zero-order valence-electron chi connectivity index (χ0n) is 10.1. The Bertz CT molecular complexity index is 348. The second-order valence-electron chi connectivity index (χ2n) is 3.97. The number of hydrogen-bond donors (Lipinski definition) is 1. The summed E-state index contributed by atoms with van der Waals surface area (Å²) in [6, 6.07) is 8.21. The van der Waals surface area contributed by atoms with E-state index in [1.165, 1.54) is 5.56 Å². The van der Waals surface area contributed by atoms with Crippen LogP contribution in [0.15, 0.2) is 24.3 Å². The van der Waals surface area contributed by atoms with Crippen LogP contribution in [0.25, 0.3) is 0 Å². The van der Waals surface area contributed by atoms with Crippen molar-refractivity contribution < 1.29 is 9.53 Å². The maximum absolute atomic E-state index is 11.1. The molecule has 0 saturated heterocycles. The third-order valence-corrected chi connectivity index (χ3v) is 2.33. The van der Waals surface area contributed by atoms with Gasteiger partial charge in [0.2, 0.25) is 0 Å². The van der Waals surface area contributed by atoms with Crippen LogP contribution in [0.5, 0.6) is 0 Å². The lowest BCUT2D eigenvalue weighted by molar-refractivity contribution is 0.151. The molecule has 1 rings (SSSR count). The van der Waals surface area contributed by atoms with E-state index in [2.05, 4.69) is 31.3 Å². The average molecular weight is 221 g/mol. The van der Waals surface area contributed by atoms with Crippen LogP contribution in [0.3, 0.4) is 0 Å². The van der Waals surface area contributed by atoms with Crippen LogP contribution in [-0.2, 0) is 11.3 Å². The molecule has 0 fully saturated rings. The average Bonchev–Trinajstić information content (AvgIpc) is 2.27. The Labute approximate surface area is 96.8 Å². The molecule has 0 saturated carbocycles. The number of ether oxygens (including phenoxy) is 1. The predicted octanol–water partition coefficient (Wildman–Crippen LogP) is 3.06. The zero-order chi connectivity index (χ0) is 12.0. The molecule has 0 spiro atoms. The Morgan fingerprint density at radius 2 is 2.19 bits per heavy atom. The Kier molecular flexibility index (Phi) is 4.83. The standard InChI is InChI=1S/C13H19NO2/c1-4-16-13(15)14-9-11-6-5-7-12(8-11)10(2)3/h5-8,10H,4,9H2,1-3H3,(H,14,15). The third-order valence-electron chi connectivity index (χ3n) is 2.33. The maximum atomic E-state index is 11.1. The lowest BCUT2D eigenvalue weighted by Gasteiger charge is -2.09. The first-order valence-electron chi connectivity index (χ1n) is 5.63. The van der Waals surface area contributed by atoms with Gasteiger partial charge in [-0.1, -0.05) is 38.1 Å². The fourth-order valence-corrected chi connectivity index (χ4v) is 1.42. The SMILES string of the molecule is CCOC(=O)NCc1cccc(C(C)C)c1. The lowest BCUT2D eigenvalue weighted by atomic mass is 10.0. The second-order valence-corrected chi connectivity index (χ2v) is 3.97. The second kappa shape index (κ2) is 6.16. The van der Waals surface area contributed by atoms with Gasteiger partial charge >= 0.3 is 6.09 Å². The minimum atomic E-state index is -0.363. The van der Waals surface area contributed by atoms with Crippen molar-refractivity contribution in [1.29, 1.82) is 0 Å². The number of amides is 1. The maximum Gasteiger partial charge on any atom is 0.407 e. The van der Waals surface area contributed by atoms with Crippen LogP contribution >= 0.6 is 0 Å². The molecular weight excluding hydrogens is 202 g/mol. The quantitative estimate of drug-likeness (QED) is 0.848. The number of rotatable bonds is 4. The summed E-state index contributed by atoms with van der Waals surface area (Å²) in [5.74, 6) is 0.502. The molecule has 0 bridgehead atoms. The number of alkyl carbamates (subject to hydrolysis) is 1. The minimum absolute atomic E-state index is 0.363. The topological polar surface area (TPSA) is 38.3 Å². The van der Waals surface area contributed by atoms with Gasteiger partial charge in [-0.3, -0.25) is 0 Å². The third kappa shape index (κ3) is 3.93. The van der Waals surface area contributed by atoms with Crippen LogP contribution in [0.2, 0.25) is 0 Å². The van der Waals surface area contributed by atoms with Gasteiger partial charge < -0.3 is 10.1 Å². The molecule has 0 atom stereocenters. The Balaban J connectivity index is 2.54. The summed E-state index contributed by atoms with van der Waals surface area (Å²) < 4.78 is 4.79. The Morgan fingerprint density at radius 1 is 1.44 bits per heavy atom. The van der Waals surface area contributed by atoms with E-state index >= 15 is 0 Å². The van der Waals surface area contributed by atoms with Crippen molar-refractivity contribution in [2.45, 2.75) is 33.2 Å². The van der Waals surface area contributed by atoms with Crippen LogP contribution in [0.4, 0.5) is 4.79 Å². The fraction of sp³-hybridized carbons (Fsp3) is 0.462. The van der Waals surface area contributed by atoms with E-state index in [1.54, 1.807) is 6.92 Å². The minimum Gasteiger partial charge on any atom is -0.450 e. The van der Waals surface area contributed by atoms with Crippen molar-refractivity contribution in [3.8, 4) is 0 Å². The smallest absolute Gasteiger partial charge is 0.407 e. The molecule has 1 aromatic carbocycles. The predicted molar refractivity (Wildman–Crippen MR) is 64.4 cm³/mol. The molecule has 0 aliphatic carbocycles. The number of carbonyl (C=O) groups is 1. The van der Waals surface area contributed by atoms with Crippen molar-refractivity contribution in [2.75, 3.05) is 6.61 Å². The van der Waals surface area contributed by atoms with E-state index in [4.69, 9.17) is 4.74 Å². The van der Waals surface area contributed by atoms with Gasteiger partial charge in [-0.05, 0) is 24.0 Å². The van der Waals surface area contributed by atoms with E-state index in [-0.39, 0.29) is 6.09 Å². The molecule has 0 unspecified atom stereocenters. The number of hydrogen-bond acceptors (Lipinski definition) is 2. The highest BCUT2D eigenvalue weighted by Gasteiger charge is 2.02. The molecule has 1 aromatic rings. The van der Waals surface area contributed by atoms with Gasteiger partial charge in [0, 0.05) is 6.54 Å². The van der Waals surface area contributed by atoms with Crippen LogP contribution < -0.4 is 5.32 Å². The molecular formula is C13H19NO2. The van der Waals surface area contributed by atoms with Crippen molar-refractivity contribution >= 4 is 6.09 Å². The van der Waals surface area contributed by atoms with Crippen molar-refractivity contribution in [1.82, 2.24) is 5.32 Å². The van der Waals surface area contributed by atoms with Crippen molar-refractivity contribution in [3.05, 3.63) is 35.4 Å². The number of nitrogens with one attached hydrogen (secondary N) is 1. The highest BCUT2D eigenvalue weighted by molar-refractivity contribution is 5.67.